The van der Waals surface area contributed by atoms with Gasteiger partial charge in [-0.05, 0) is 38.8 Å². The van der Waals surface area contributed by atoms with Gasteiger partial charge >= 0.3 is 0 Å². The molecule has 2 fully saturated rings. The number of hydrogen-bond donors (Lipinski definition) is 0. The van der Waals surface area contributed by atoms with Crippen molar-refractivity contribution in [3.05, 3.63) is 17.0 Å². The topological polar surface area (TPSA) is 32.3 Å². The van der Waals surface area contributed by atoms with Crippen LogP contribution in [-0.4, -0.2) is 47.1 Å². The van der Waals surface area contributed by atoms with E-state index < -0.39 is 0 Å². The summed E-state index contributed by atoms with van der Waals surface area (Å²) in [5, 5.41) is 0.565. The highest BCUT2D eigenvalue weighted by Crippen LogP contribution is 2.24. The zero-order valence-electron chi connectivity index (χ0n) is 12.9. The number of aromatic nitrogens is 2. The molecule has 0 unspecified atom stereocenters. The Labute approximate surface area is 132 Å². The van der Waals surface area contributed by atoms with Crippen molar-refractivity contribution in [2.24, 2.45) is 0 Å². The summed E-state index contributed by atoms with van der Waals surface area (Å²) >= 11 is 6.11. The van der Waals surface area contributed by atoms with E-state index in [1.165, 1.54) is 45.2 Å². The molecule has 0 atom stereocenters. The van der Waals surface area contributed by atoms with Crippen LogP contribution < -0.4 is 4.90 Å². The first-order valence-electron chi connectivity index (χ1n) is 8.28. The van der Waals surface area contributed by atoms with Crippen molar-refractivity contribution >= 4 is 17.4 Å². The predicted octanol–water partition coefficient (Wildman–Crippen LogP) is 3.15. The zero-order chi connectivity index (χ0) is 14.7. The number of hydrogen-bond acceptors (Lipinski definition) is 4. The molecule has 0 N–H and O–H groups in total. The minimum absolute atomic E-state index is 0.565. The average Bonchev–Trinajstić information content (AvgIpc) is 2.55. The third-order valence-corrected chi connectivity index (χ3v) is 4.93. The molecule has 0 bridgehead atoms. The van der Waals surface area contributed by atoms with Crippen LogP contribution in [0.25, 0.3) is 0 Å². The lowest BCUT2D eigenvalue weighted by Gasteiger charge is -2.40. The molecule has 0 spiro atoms. The maximum atomic E-state index is 6.11. The Morgan fingerprint density at radius 3 is 2.48 bits per heavy atom. The Hall–Kier alpha value is -0.870. The molecular weight excluding hydrogens is 284 g/mol. The summed E-state index contributed by atoms with van der Waals surface area (Å²) in [6.07, 6.45) is 7.47. The third-order valence-electron chi connectivity index (χ3n) is 4.74. The predicted molar refractivity (Wildman–Crippen MR) is 87.1 cm³/mol. The lowest BCUT2D eigenvalue weighted by Crippen LogP contribution is -2.47. The van der Waals surface area contributed by atoms with Crippen LogP contribution in [-0.2, 0) is 6.42 Å². The molecule has 0 saturated carbocycles. The first kappa shape index (κ1) is 15.0. The van der Waals surface area contributed by atoms with Crippen molar-refractivity contribution in [3.63, 3.8) is 0 Å². The quantitative estimate of drug-likeness (QED) is 0.803. The molecule has 2 aliphatic rings. The van der Waals surface area contributed by atoms with Gasteiger partial charge < -0.3 is 9.80 Å². The van der Waals surface area contributed by atoms with Crippen molar-refractivity contribution in [1.29, 1.82) is 0 Å². The van der Waals surface area contributed by atoms with Crippen LogP contribution in [0.15, 0.2) is 6.07 Å². The minimum Gasteiger partial charge on any atom is -0.356 e. The third kappa shape index (κ3) is 3.67. The Kier molecular flexibility index (Phi) is 4.96. The number of rotatable bonds is 3. The van der Waals surface area contributed by atoms with E-state index in [0.717, 1.165) is 37.2 Å². The standard InChI is InChI=1S/C16H25ClN4/c1-2-15-18-14(17)12-16(19-15)21-10-6-13(7-11-21)20-8-4-3-5-9-20/h12-13H,2-11H2,1H3. The van der Waals surface area contributed by atoms with Crippen LogP contribution in [0.4, 0.5) is 5.82 Å². The van der Waals surface area contributed by atoms with E-state index in [0.29, 0.717) is 5.15 Å². The molecule has 0 aliphatic carbocycles. The molecule has 3 rings (SSSR count). The van der Waals surface area contributed by atoms with Crippen LogP contribution in [0, 0.1) is 0 Å². The molecule has 0 radical (unpaired) electrons. The van der Waals surface area contributed by atoms with E-state index in [1.54, 1.807) is 0 Å². The molecule has 3 heterocycles. The fourth-order valence-electron chi connectivity index (χ4n) is 3.52. The Morgan fingerprint density at radius 1 is 1.10 bits per heavy atom. The van der Waals surface area contributed by atoms with Gasteiger partial charge in [0.1, 0.15) is 16.8 Å². The summed E-state index contributed by atoms with van der Waals surface area (Å²) in [5.41, 5.74) is 0. The monoisotopic (exact) mass is 308 g/mol. The van der Waals surface area contributed by atoms with Gasteiger partial charge in [0.05, 0.1) is 0 Å². The van der Waals surface area contributed by atoms with Crippen molar-refractivity contribution in [2.75, 3.05) is 31.1 Å². The Morgan fingerprint density at radius 2 is 1.81 bits per heavy atom. The van der Waals surface area contributed by atoms with Gasteiger partial charge in [0.15, 0.2) is 0 Å². The number of nitrogens with zero attached hydrogens (tertiary/aromatic N) is 4. The average molecular weight is 309 g/mol. The van der Waals surface area contributed by atoms with Crippen LogP contribution in [0.3, 0.4) is 0 Å². The molecule has 4 nitrogen and oxygen atoms in total. The molecule has 5 heteroatoms. The number of piperidine rings is 2. The molecular formula is C16H25ClN4. The van der Waals surface area contributed by atoms with Crippen molar-refractivity contribution < 1.29 is 0 Å². The number of halogens is 1. The van der Waals surface area contributed by atoms with E-state index in [4.69, 9.17) is 11.6 Å². The van der Waals surface area contributed by atoms with E-state index in [1.807, 2.05) is 6.07 Å². The van der Waals surface area contributed by atoms with Crippen LogP contribution in [0.1, 0.15) is 44.9 Å². The Bertz CT molecular complexity index is 465. The normalized spacial score (nSPS) is 21.7. The second kappa shape index (κ2) is 6.93. The van der Waals surface area contributed by atoms with Gasteiger partial charge in [-0.25, -0.2) is 9.97 Å². The van der Waals surface area contributed by atoms with Gasteiger partial charge in [0.25, 0.3) is 0 Å². The van der Waals surface area contributed by atoms with Crippen molar-refractivity contribution in [1.82, 2.24) is 14.9 Å². The highest BCUT2D eigenvalue weighted by Gasteiger charge is 2.26. The maximum absolute atomic E-state index is 6.11. The highest BCUT2D eigenvalue weighted by atomic mass is 35.5. The summed E-state index contributed by atoms with van der Waals surface area (Å²) < 4.78 is 0. The molecule has 0 amide bonds. The second-order valence-corrected chi connectivity index (χ2v) is 6.52. The number of aryl methyl sites for hydroxylation is 1. The van der Waals surface area contributed by atoms with E-state index in [-0.39, 0.29) is 0 Å². The molecule has 116 valence electrons. The van der Waals surface area contributed by atoms with Crippen molar-refractivity contribution in [2.45, 2.75) is 51.5 Å². The molecule has 21 heavy (non-hydrogen) atoms. The molecule has 2 saturated heterocycles. The molecule has 1 aromatic rings. The van der Waals surface area contributed by atoms with Crippen LogP contribution in [0.2, 0.25) is 5.15 Å². The zero-order valence-corrected chi connectivity index (χ0v) is 13.6. The van der Waals surface area contributed by atoms with E-state index >= 15 is 0 Å². The van der Waals surface area contributed by atoms with E-state index in [2.05, 4.69) is 26.7 Å². The van der Waals surface area contributed by atoms with Gasteiger partial charge in [-0.3, -0.25) is 0 Å². The van der Waals surface area contributed by atoms with Gasteiger partial charge in [0.2, 0.25) is 0 Å². The maximum Gasteiger partial charge on any atom is 0.134 e. The first-order chi connectivity index (χ1) is 10.3. The van der Waals surface area contributed by atoms with Gasteiger partial charge in [0, 0.05) is 31.6 Å². The minimum atomic E-state index is 0.565. The first-order valence-corrected chi connectivity index (χ1v) is 8.66. The number of likely N-dealkylation sites (tertiary alicyclic amines) is 1. The summed E-state index contributed by atoms with van der Waals surface area (Å²) in [7, 11) is 0. The summed E-state index contributed by atoms with van der Waals surface area (Å²) in [4.78, 5) is 14.0. The van der Waals surface area contributed by atoms with E-state index in [9.17, 15) is 0 Å². The molecule has 1 aromatic heterocycles. The SMILES string of the molecule is CCc1nc(Cl)cc(N2CCC(N3CCCCC3)CC2)n1. The van der Waals surface area contributed by atoms with Crippen LogP contribution >= 0.6 is 11.6 Å². The summed E-state index contributed by atoms with van der Waals surface area (Å²) in [6.45, 7) is 6.82. The lowest BCUT2D eigenvalue weighted by molar-refractivity contribution is 0.141. The summed E-state index contributed by atoms with van der Waals surface area (Å²) in [6, 6.07) is 2.67. The largest absolute Gasteiger partial charge is 0.356 e. The molecule has 0 aromatic carbocycles. The smallest absolute Gasteiger partial charge is 0.134 e. The highest BCUT2D eigenvalue weighted by molar-refractivity contribution is 6.29. The van der Waals surface area contributed by atoms with Gasteiger partial charge in [-0.2, -0.15) is 0 Å². The number of anilines is 1. The van der Waals surface area contributed by atoms with Crippen molar-refractivity contribution in [3.8, 4) is 0 Å². The van der Waals surface area contributed by atoms with Gasteiger partial charge in [-0.15, -0.1) is 0 Å². The molecule has 2 aliphatic heterocycles. The fourth-order valence-corrected chi connectivity index (χ4v) is 3.71. The Balaban J connectivity index is 1.61. The fraction of sp³-hybridized carbons (Fsp3) is 0.750. The van der Waals surface area contributed by atoms with Gasteiger partial charge in [-0.1, -0.05) is 24.9 Å². The lowest BCUT2D eigenvalue weighted by atomic mass is 10.00. The summed E-state index contributed by atoms with van der Waals surface area (Å²) in [5.74, 6) is 1.85. The van der Waals surface area contributed by atoms with Crippen LogP contribution in [0.5, 0.6) is 0 Å². The second-order valence-electron chi connectivity index (χ2n) is 6.13.